The fourth-order valence-corrected chi connectivity index (χ4v) is 3.09. The average molecular weight is 306 g/mol. The van der Waals surface area contributed by atoms with E-state index in [0.717, 1.165) is 12.3 Å². The Morgan fingerprint density at radius 2 is 1.90 bits per heavy atom. The van der Waals surface area contributed by atoms with Crippen molar-refractivity contribution in [3.05, 3.63) is 29.8 Å². The molecule has 0 fully saturated rings. The summed E-state index contributed by atoms with van der Waals surface area (Å²) in [7, 11) is 0. The molecule has 0 amide bonds. The van der Waals surface area contributed by atoms with Gasteiger partial charge in [0.25, 0.3) is 0 Å². The summed E-state index contributed by atoms with van der Waals surface area (Å²) in [6.45, 7) is 7.80. The van der Waals surface area contributed by atoms with Crippen LogP contribution >= 0.6 is 11.8 Å². The molecule has 0 radical (unpaired) electrons. The molecular weight excluding hydrogens is 280 g/mol. The molecule has 0 aromatic heterocycles. The lowest BCUT2D eigenvalue weighted by atomic mass is 10.0. The SMILES string of the molecule is CCC(CC)(CNC(C)c1ccc(OCC#N)cc1)SC. The van der Waals surface area contributed by atoms with Gasteiger partial charge in [-0.25, -0.2) is 0 Å². The van der Waals surface area contributed by atoms with E-state index in [9.17, 15) is 0 Å². The molecule has 1 rings (SSSR count). The van der Waals surface area contributed by atoms with Crippen LogP contribution in [-0.4, -0.2) is 24.2 Å². The highest BCUT2D eigenvalue weighted by Crippen LogP contribution is 2.30. The van der Waals surface area contributed by atoms with E-state index >= 15 is 0 Å². The number of nitrogens with zero attached hydrogens (tertiary/aromatic N) is 1. The van der Waals surface area contributed by atoms with Crippen molar-refractivity contribution in [3.63, 3.8) is 0 Å². The van der Waals surface area contributed by atoms with Crippen LogP contribution in [0.3, 0.4) is 0 Å². The van der Waals surface area contributed by atoms with Gasteiger partial charge >= 0.3 is 0 Å². The summed E-state index contributed by atoms with van der Waals surface area (Å²) < 4.78 is 5.59. The Morgan fingerprint density at radius 3 is 2.38 bits per heavy atom. The maximum absolute atomic E-state index is 8.50. The molecule has 1 N–H and O–H groups in total. The summed E-state index contributed by atoms with van der Waals surface area (Å²) in [5, 5.41) is 12.1. The van der Waals surface area contributed by atoms with Crippen molar-refractivity contribution in [2.24, 2.45) is 0 Å². The number of rotatable bonds is 9. The number of nitriles is 1. The summed E-state index contributed by atoms with van der Waals surface area (Å²) in [5.74, 6) is 0.744. The molecule has 0 bridgehead atoms. The first-order chi connectivity index (χ1) is 10.1. The predicted molar refractivity (Wildman–Crippen MR) is 90.8 cm³/mol. The number of nitrogens with one attached hydrogen (secondary N) is 1. The van der Waals surface area contributed by atoms with Crippen molar-refractivity contribution in [3.8, 4) is 11.8 Å². The number of benzene rings is 1. The largest absolute Gasteiger partial charge is 0.479 e. The van der Waals surface area contributed by atoms with Crippen LogP contribution < -0.4 is 10.1 Å². The van der Waals surface area contributed by atoms with Crippen molar-refractivity contribution in [2.75, 3.05) is 19.4 Å². The van der Waals surface area contributed by atoms with Crippen LogP contribution in [0.1, 0.15) is 45.2 Å². The molecule has 0 heterocycles. The van der Waals surface area contributed by atoms with Crippen molar-refractivity contribution < 1.29 is 4.74 Å². The molecule has 0 aliphatic rings. The van der Waals surface area contributed by atoms with Gasteiger partial charge in [0, 0.05) is 17.3 Å². The molecular formula is C17H26N2OS. The van der Waals surface area contributed by atoms with Crippen molar-refractivity contribution in [2.45, 2.75) is 44.4 Å². The van der Waals surface area contributed by atoms with E-state index < -0.39 is 0 Å². The highest BCUT2D eigenvalue weighted by atomic mass is 32.2. The molecule has 4 heteroatoms. The molecule has 21 heavy (non-hydrogen) atoms. The molecule has 1 aromatic rings. The molecule has 3 nitrogen and oxygen atoms in total. The third kappa shape index (κ3) is 5.26. The normalized spacial score (nSPS) is 12.7. The Kier molecular flexibility index (Phi) is 7.63. The predicted octanol–water partition coefficient (Wildman–Crippen LogP) is 4.16. The average Bonchev–Trinajstić information content (AvgIpc) is 2.55. The summed E-state index contributed by atoms with van der Waals surface area (Å²) >= 11 is 1.95. The number of ether oxygens (including phenoxy) is 1. The van der Waals surface area contributed by atoms with Crippen LogP contribution in [0.5, 0.6) is 5.75 Å². The summed E-state index contributed by atoms with van der Waals surface area (Å²) in [4.78, 5) is 0. The maximum Gasteiger partial charge on any atom is 0.174 e. The number of hydrogen-bond acceptors (Lipinski definition) is 4. The van der Waals surface area contributed by atoms with Gasteiger partial charge in [0.2, 0.25) is 0 Å². The minimum absolute atomic E-state index is 0.0936. The van der Waals surface area contributed by atoms with Gasteiger partial charge in [0.15, 0.2) is 6.61 Å². The topological polar surface area (TPSA) is 45.0 Å². The zero-order valence-corrected chi connectivity index (χ0v) is 14.3. The van der Waals surface area contributed by atoms with Crippen molar-refractivity contribution >= 4 is 11.8 Å². The van der Waals surface area contributed by atoms with Crippen molar-refractivity contribution in [1.29, 1.82) is 5.26 Å². The van der Waals surface area contributed by atoms with E-state index in [0.29, 0.717) is 10.8 Å². The lowest BCUT2D eigenvalue weighted by Gasteiger charge is -2.31. The van der Waals surface area contributed by atoms with Gasteiger partial charge in [-0.2, -0.15) is 17.0 Å². The minimum Gasteiger partial charge on any atom is -0.479 e. The van der Waals surface area contributed by atoms with E-state index in [1.54, 1.807) is 0 Å². The van der Waals surface area contributed by atoms with Gasteiger partial charge in [0.05, 0.1) is 0 Å². The third-order valence-electron chi connectivity index (χ3n) is 4.14. The number of thioether (sulfide) groups is 1. The second-order valence-electron chi connectivity index (χ2n) is 5.21. The van der Waals surface area contributed by atoms with Crippen LogP contribution in [0.4, 0.5) is 0 Å². The van der Waals surface area contributed by atoms with Gasteiger partial charge in [-0.05, 0) is 43.7 Å². The van der Waals surface area contributed by atoms with Gasteiger partial charge in [-0.1, -0.05) is 26.0 Å². The quantitative estimate of drug-likeness (QED) is 0.744. The lowest BCUT2D eigenvalue weighted by Crippen LogP contribution is -2.37. The first kappa shape index (κ1) is 17.9. The standard InChI is InChI=1S/C17H26N2OS/c1-5-17(6-2,21-4)13-19-14(3)15-7-9-16(10-8-15)20-12-11-18/h7-10,14,19H,5-6,12-13H2,1-4H3. The van der Waals surface area contributed by atoms with Crippen LogP contribution in [0.25, 0.3) is 0 Å². The molecule has 0 aliphatic heterocycles. The fourth-order valence-electron chi connectivity index (χ4n) is 2.29. The van der Waals surface area contributed by atoms with Crippen LogP contribution in [0.2, 0.25) is 0 Å². The van der Waals surface area contributed by atoms with E-state index in [4.69, 9.17) is 10.00 Å². The Balaban J connectivity index is 2.59. The number of hydrogen-bond donors (Lipinski definition) is 1. The molecule has 0 saturated carbocycles. The van der Waals surface area contributed by atoms with Gasteiger partial charge in [0.1, 0.15) is 11.8 Å². The Bertz CT molecular complexity index is 441. The highest BCUT2D eigenvalue weighted by Gasteiger charge is 2.25. The van der Waals surface area contributed by atoms with Gasteiger partial charge in [-0.3, -0.25) is 0 Å². The Morgan fingerprint density at radius 1 is 1.29 bits per heavy atom. The van der Waals surface area contributed by atoms with E-state index in [-0.39, 0.29) is 6.61 Å². The monoisotopic (exact) mass is 306 g/mol. The van der Waals surface area contributed by atoms with Crippen LogP contribution in [0.15, 0.2) is 24.3 Å². The van der Waals surface area contributed by atoms with Gasteiger partial charge < -0.3 is 10.1 Å². The molecule has 1 unspecified atom stereocenters. The van der Waals surface area contributed by atoms with E-state index in [2.05, 4.69) is 44.5 Å². The summed E-state index contributed by atoms with van der Waals surface area (Å²) in [6.07, 6.45) is 4.54. The second-order valence-corrected chi connectivity index (χ2v) is 6.49. The minimum atomic E-state index is 0.0936. The van der Waals surface area contributed by atoms with Crippen LogP contribution in [0, 0.1) is 11.3 Å². The van der Waals surface area contributed by atoms with Gasteiger partial charge in [-0.15, -0.1) is 0 Å². The highest BCUT2D eigenvalue weighted by molar-refractivity contribution is 8.00. The first-order valence-corrected chi connectivity index (χ1v) is 8.71. The van der Waals surface area contributed by atoms with Crippen LogP contribution in [-0.2, 0) is 0 Å². The van der Waals surface area contributed by atoms with E-state index in [1.165, 1.54) is 18.4 Å². The molecule has 0 saturated heterocycles. The zero-order valence-electron chi connectivity index (χ0n) is 13.5. The van der Waals surface area contributed by atoms with Crippen molar-refractivity contribution in [1.82, 2.24) is 5.32 Å². The smallest absolute Gasteiger partial charge is 0.174 e. The summed E-state index contributed by atoms with van der Waals surface area (Å²) in [6, 6.07) is 10.2. The second kappa shape index (κ2) is 8.96. The first-order valence-electron chi connectivity index (χ1n) is 7.49. The molecule has 1 atom stereocenters. The molecule has 116 valence electrons. The molecule has 1 aromatic carbocycles. The lowest BCUT2D eigenvalue weighted by molar-refractivity contribution is 0.368. The molecule has 0 spiro atoms. The Hall–Kier alpha value is -1.18. The fraction of sp³-hybridized carbons (Fsp3) is 0.588. The zero-order chi connectivity index (χ0) is 15.7. The Labute approximate surface area is 133 Å². The third-order valence-corrected chi connectivity index (χ3v) is 5.72. The molecule has 0 aliphatic carbocycles. The summed E-state index contributed by atoms with van der Waals surface area (Å²) in [5.41, 5.74) is 1.24. The maximum atomic E-state index is 8.50. The van der Waals surface area contributed by atoms with E-state index in [1.807, 2.05) is 30.0 Å².